The van der Waals surface area contributed by atoms with Crippen LogP contribution in [0.5, 0.6) is 0 Å². The van der Waals surface area contributed by atoms with Crippen LogP contribution >= 0.6 is 0 Å². The van der Waals surface area contributed by atoms with Gasteiger partial charge in [-0.1, -0.05) is 77.1 Å². The maximum absolute atomic E-state index is 4.48. The van der Waals surface area contributed by atoms with Crippen molar-refractivity contribution in [3.63, 3.8) is 0 Å². The van der Waals surface area contributed by atoms with Crippen molar-refractivity contribution in [2.24, 2.45) is 0 Å². The van der Waals surface area contributed by atoms with E-state index in [4.69, 9.17) is 0 Å². The van der Waals surface area contributed by atoms with Crippen molar-refractivity contribution in [3.8, 4) is 11.3 Å². The number of aryl methyl sites for hydroxylation is 1. The quantitative estimate of drug-likeness (QED) is 0.462. The molecular formula is C22H32N2. The van der Waals surface area contributed by atoms with Crippen molar-refractivity contribution < 1.29 is 0 Å². The molecule has 1 aromatic carbocycles. The lowest BCUT2D eigenvalue weighted by Gasteiger charge is -2.10. The van der Waals surface area contributed by atoms with Gasteiger partial charge in [-0.2, -0.15) is 10.2 Å². The highest BCUT2D eigenvalue weighted by atomic mass is 15.1. The fourth-order valence-electron chi connectivity index (χ4n) is 3.01. The van der Waals surface area contributed by atoms with Crippen LogP contribution in [0, 0.1) is 0 Å². The van der Waals surface area contributed by atoms with Crippen LogP contribution in [0.3, 0.4) is 0 Å². The van der Waals surface area contributed by atoms with Gasteiger partial charge in [0.2, 0.25) is 0 Å². The molecule has 0 N–H and O–H groups in total. The summed E-state index contributed by atoms with van der Waals surface area (Å²) in [6.45, 7) is 6.75. The van der Waals surface area contributed by atoms with E-state index in [2.05, 4.69) is 67.4 Å². The molecule has 0 spiro atoms. The summed E-state index contributed by atoms with van der Waals surface area (Å²) in [6, 6.07) is 13.0. The Bertz CT molecular complexity index is 572. The Hall–Kier alpha value is -1.70. The lowest BCUT2D eigenvalue weighted by atomic mass is 9.99. The molecule has 0 bridgehead atoms. The molecule has 2 nitrogen and oxygen atoms in total. The van der Waals surface area contributed by atoms with Crippen LogP contribution in [0.25, 0.3) is 11.3 Å². The van der Waals surface area contributed by atoms with E-state index in [9.17, 15) is 0 Å². The van der Waals surface area contributed by atoms with Gasteiger partial charge < -0.3 is 0 Å². The van der Waals surface area contributed by atoms with E-state index in [1.165, 1.54) is 50.5 Å². The SMILES string of the molecule is CCCCCCC(C)c1ccc(-c2ccc(CCCC)cc2)nn1. The first kappa shape index (κ1) is 18.6. The van der Waals surface area contributed by atoms with E-state index in [0.29, 0.717) is 5.92 Å². The summed E-state index contributed by atoms with van der Waals surface area (Å²) in [6.07, 6.45) is 10.1. The molecule has 0 saturated carbocycles. The molecule has 1 unspecified atom stereocenters. The Labute approximate surface area is 147 Å². The lowest BCUT2D eigenvalue weighted by Crippen LogP contribution is -2.00. The highest BCUT2D eigenvalue weighted by Crippen LogP contribution is 2.23. The molecule has 0 aliphatic rings. The highest BCUT2D eigenvalue weighted by molar-refractivity contribution is 5.58. The lowest BCUT2D eigenvalue weighted by molar-refractivity contribution is 0.568. The zero-order valence-corrected chi connectivity index (χ0v) is 15.6. The molecule has 24 heavy (non-hydrogen) atoms. The average Bonchev–Trinajstić information content (AvgIpc) is 2.64. The first-order chi connectivity index (χ1) is 11.7. The van der Waals surface area contributed by atoms with Crippen molar-refractivity contribution in [2.45, 2.75) is 78.1 Å². The molecule has 130 valence electrons. The number of rotatable bonds is 10. The van der Waals surface area contributed by atoms with Crippen LogP contribution in [-0.4, -0.2) is 10.2 Å². The Morgan fingerprint density at radius 2 is 1.54 bits per heavy atom. The van der Waals surface area contributed by atoms with Gasteiger partial charge in [-0.3, -0.25) is 0 Å². The second-order valence-corrected chi connectivity index (χ2v) is 6.89. The predicted octanol–water partition coefficient (Wildman–Crippen LogP) is 6.56. The van der Waals surface area contributed by atoms with Gasteiger partial charge in [-0.15, -0.1) is 0 Å². The number of hydrogen-bond donors (Lipinski definition) is 0. The molecule has 0 fully saturated rings. The zero-order valence-electron chi connectivity index (χ0n) is 15.6. The van der Waals surface area contributed by atoms with E-state index >= 15 is 0 Å². The first-order valence-electron chi connectivity index (χ1n) is 9.67. The molecule has 1 atom stereocenters. The van der Waals surface area contributed by atoms with Crippen LogP contribution in [-0.2, 0) is 6.42 Å². The fourth-order valence-corrected chi connectivity index (χ4v) is 3.01. The van der Waals surface area contributed by atoms with Crippen molar-refractivity contribution in [3.05, 3.63) is 47.7 Å². The molecular weight excluding hydrogens is 292 g/mol. The molecule has 2 aromatic rings. The molecule has 2 heteroatoms. The second kappa shape index (κ2) is 10.2. The van der Waals surface area contributed by atoms with Crippen LogP contribution < -0.4 is 0 Å². The molecule has 0 aliphatic heterocycles. The summed E-state index contributed by atoms with van der Waals surface area (Å²) >= 11 is 0. The minimum absolute atomic E-state index is 0.500. The highest BCUT2D eigenvalue weighted by Gasteiger charge is 2.08. The van der Waals surface area contributed by atoms with Gasteiger partial charge >= 0.3 is 0 Å². The van der Waals surface area contributed by atoms with Crippen LogP contribution in [0.15, 0.2) is 36.4 Å². The Balaban J connectivity index is 1.93. The molecule has 0 saturated heterocycles. The first-order valence-corrected chi connectivity index (χ1v) is 9.67. The van der Waals surface area contributed by atoms with Crippen molar-refractivity contribution >= 4 is 0 Å². The Morgan fingerprint density at radius 3 is 2.17 bits per heavy atom. The molecule has 2 rings (SSSR count). The van der Waals surface area contributed by atoms with E-state index in [1.54, 1.807) is 0 Å². The molecule has 1 aromatic heterocycles. The van der Waals surface area contributed by atoms with Gasteiger partial charge in [0, 0.05) is 11.5 Å². The summed E-state index contributed by atoms with van der Waals surface area (Å²) in [5, 5.41) is 8.93. The van der Waals surface area contributed by atoms with Gasteiger partial charge in [0.15, 0.2) is 0 Å². The maximum Gasteiger partial charge on any atom is 0.0929 e. The van der Waals surface area contributed by atoms with Crippen LogP contribution in [0.4, 0.5) is 0 Å². The molecule has 1 heterocycles. The largest absolute Gasteiger partial charge is 0.155 e. The normalized spacial score (nSPS) is 12.3. The number of unbranched alkanes of at least 4 members (excludes halogenated alkanes) is 4. The topological polar surface area (TPSA) is 25.8 Å². The fraction of sp³-hybridized carbons (Fsp3) is 0.545. The summed E-state index contributed by atoms with van der Waals surface area (Å²) in [7, 11) is 0. The van der Waals surface area contributed by atoms with E-state index in [-0.39, 0.29) is 0 Å². The predicted molar refractivity (Wildman–Crippen MR) is 103 cm³/mol. The van der Waals surface area contributed by atoms with Crippen LogP contribution in [0.1, 0.15) is 82.9 Å². The van der Waals surface area contributed by atoms with Crippen LogP contribution in [0.2, 0.25) is 0 Å². The van der Waals surface area contributed by atoms with Gasteiger partial charge in [-0.05, 0) is 37.0 Å². The van der Waals surface area contributed by atoms with Gasteiger partial charge in [0.05, 0.1) is 11.4 Å². The smallest absolute Gasteiger partial charge is 0.0929 e. The van der Waals surface area contributed by atoms with Crippen molar-refractivity contribution in [1.29, 1.82) is 0 Å². The number of nitrogens with zero attached hydrogens (tertiary/aromatic N) is 2. The Morgan fingerprint density at radius 1 is 0.792 bits per heavy atom. The molecule has 0 aliphatic carbocycles. The minimum Gasteiger partial charge on any atom is -0.155 e. The molecule has 0 radical (unpaired) electrons. The maximum atomic E-state index is 4.48. The number of benzene rings is 1. The second-order valence-electron chi connectivity index (χ2n) is 6.89. The summed E-state index contributed by atoms with van der Waals surface area (Å²) in [5.41, 5.74) is 4.66. The summed E-state index contributed by atoms with van der Waals surface area (Å²) in [5.74, 6) is 0.500. The standard InChI is InChI=1S/C22H32N2/c1-4-6-8-9-10-18(3)21-16-17-22(24-23-21)20-14-12-19(13-15-20)11-7-5-2/h12-18H,4-11H2,1-3H3. The van der Waals surface area contributed by atoms with E-state index < -0.39 is 0 Å². The third kappa shape index (κ3) is 5.74. The van der Waals surface area contributed by atoms with Crippen molar-refractivity contribution in [2.75, 3.05) is 0 Å². The minimum atomic E-state index is 0.500. The van der Waals surface area contributed by atoms with Gasteiger partial charge in [0.25, 0.3) is 0 Å². The Kier molecular flexibility index (Phi) is 7.94. The number of aromatic nitrogens is 2. The van der Waals surface area contributed by atoms with E-state index in [0.717, 1.165) is 23.4 Å². The number of hydrogen-bond acceptors (Lipinski definition) is 2. The van der Waals surface area contributed by atoms with E-state index in [1.807, 2.05) is 0 Å². The third-order valence-electron chi connectivity index (χ3n) is 4.75. The third-order valence-corrected chi connectivity index (χ3v) is 4.75. The average molecular weight is 325 g/mol. The molecule has 0 amide bonds. The summed E-state index contributed by atoms with van der Waals surface area (Å²) in [4.78, 5) is 0. The monoisotopic (exact) mass is 324 g/mol. The van der Waals surface area contributed by atoms with Gasteiger partial charge in [-0.25, -0.2) is 0 Å². The van der Waals surface area contributed by atoms with Gasteiger partial charge in [0.1, 0.15) is 0 Å². The summed E-state index contributed by atoms with van der Waals surface area (Å²) < 4.78 is 0. The zero-order chi connectivity index (χ0) is 17.2. The van der Waals surface area contributed by atoms with Crippen molar-refractivity contribution in [1.82, 2.24) is 10.2 Å².